The van der Waals surface area contributed by atoms with Crippen LogP contribution in [0, 0.1) is 6.92 Å². The number of aryl methyl sites for hydroxylation is 1. The van der Waals surface area contributed by atoms with Crippen molar-refractivity contribution in [1.82, 2.24) is 4.98 Å². The van der Waals surface area contributed by atoms with Crippen LogP contribution in [0.25, 0.3) is 10.9 Å². The molecule has 1 heterocycles. The summed E-state index contributed by atoms with van der Waals surface area (Å²) in [5.41, 5.74) is 3.43. The highest BCUT2D eigenvalue weighted by Gasteiger charge is 2.16. The third-order valence-electron chi connectivity index (χ3n) is 5.05. The fourth-order valence-electron chi connectivity index (χ4n) is 3.48. The van der Waals surface area contributed by atoms with E-state index in [1.165, 1.54) is 7.11 Å². The largest absolute Gasteiger partial charge is 0.496 e. The number of benzene rings is 3. The second kappa shape index (κ2) is 9.39. The van der Waals surface area contributed by atoms with E-state index in [0.29, 0.717) is 24.5 Å². The molecule has 0 aliphatic rings. The quantitative estimate of drug-likeness (QED) is 0.404. The van der Waals surface area contributed by atoms with Crippen LogP contribution < -0.4 is 14.2 Å². The summed E-state index contributed by atoms with van der Waals surface area (Å²) in [6.45, 7) is 2.39. The molecule has 0 aliphatic carbocycles. The molecule has 1 N–H and O–H groups in total. The summed E-state index contributed by atoms with van der Waals surface area (Å²) >= 11 is 0. The van der Waals surface area contributed by atoms with Gasteiger partial charge in [-0.25, -0.2) is 9.78 Å². The number of hydrogen-bond acceptors (Lipinski definition) is 5. The van der Waals surface area contributed by atoms with Gasteiger partial charge in [0.25, 0.3) is 0 Å². The average molecular weight is 429 g/mol. The minimum atomic E-state index is -1.03. The number of methoxy groups -OCH3 is 1. The number of para-hydroxylation sites is 1. The Morgan fingerprint density at radius 1 is 0.906 bits per heavy atom. The van der Waals surface area contributed by atoms with Gasteiger partial charge in [0.05, 0.1) is 18.3 Å². The molecular formula is C26H23NO5. The summed E-state index contributed by atoms with van der Waals surface area (Å²) in [5.74, 6) is 0.496. The Hall–Kier alpha value is -4.06. The maximum absolute atomic E-state index is 11.4. The van der Waals surface area contributed by atoms with Crippen LogP contribution in [0.3, 0.4) is 0 Å². The highest BCUT2D eigenvalue weighted by atomic mass is 16.5. The van der Waals surface area contributed by atoms with Gasteiger partial charge in [-0.2, -0.15) is 0 Å². The molecule has 3 aromatic carbocycles. The van der Waals surface area contributed by atoms with Gasteiger partial charge in [0.1, 0.15) is 36.0 Å². The summed E-state index contributed by atoms with van der Waals surface area (Å²) in [6.07, 6.45) is 0. The Labute approximate surface area is 186 Å². The fraction of sp³-hybridized carbons (Fsp3) is 0.154. The smallest absolute Gasteiger partial charge is 0.339 e. The predicted octanol–water partition coefficient (Wildman–Crippen LogP) is 5.41. The molecule has 0 spiro atoms. The maximum atomic E-state index is 11.4. The van der Waals surface area contributed by atoms with Gasteiger partial charge in [0.2, 0.25) is 0 Å². The monoisotopic (exact) mass is 429 g/mol. The van der Waals surface area contributed by atoms with Crippen LogP contribution in [0.5, 0.6) is 17.2 Å². The van der Waals surface area contributed by atoms with E-state index in [-0.39, 0.29) is 11.3 Å². The normalized spacial score (nSPS) is 10.7. The molecule has 6 heteroatoms. The van der Waals surface area contributed by atoms with Crippen molar-refractivity contribution >= 4 is 16.9 Å². The molecule has 0 bridgehead atoms. The Balaban J connectivity index is 1.42. The first kappa shape index (κ1) is 21.2. The Kier molecular flexibility index (Phi) is 6.22. The van der Waals surface area contributed by atoms with E-state index in [4.69, 9.17) is 14.2 Å². The predicted molar refractivity (Wildman–Crippen MR) is 122 cm³/mol. The van der Waals surface area contributed by atoms with Crippen LogP contribution in [0.4, 0.5) is 0 Å². The topological polar surface area (TPSA) is 77.9 Å². The lowest BCUT2D eigenvalue weighted by molar-refractivity contribution is 0.0692. The summed E-state index contributed by atoms with van der Waals surface area (Å²) < 4.78 is 17.0. The number of ether oxygens (including phenoxy) is 3. The Morgan fingerprint density at radius 2 is 1.72 bits per heavy atom. The van der Waals surface area contributed by atoms with E-state index in [1.54, 1.807) is 19.1 Å². The number of hydrogen-bond donors (Lipinski definition) is 1. The van der Waals surface area contributed by atoms with E-state index < -0.39 is 5.97 Å². The van der Waals surface area contributed by atoms with Crippen LogP contribution >= 0.6 is 0 Å². The van der Waals surface area contributed by atoms with Crippen molar-refractivity contribution < 1.29 is 24.1 Å². The van der Waals surface area contributed by atoms with Gasteiger partial charge in [-0.1, -0.05) is 36.4 Å². The number of pyridine rings is 1. The number of carbonyl (C=O) groups is 1. The number of nitrogens with zero attached hydrogens (tertiary/aromatic N) is 1. The Bertz CT molecular complexity index is 1270. The summed E-state index contributed by atoms with van der Waals surface area (Å²) in [7, 11) is 1.44. The van der Waals surface area contributed by atoms with E-state index in [9.17, 15) is 9.90 Å². The number of carboxylic acid groups (broad SMARTS) is 1. The molecule has 0 radical (unpaired) electrons. The number of fused-ring (bicyclic) bond motifs is 1. The van der Waals surface area contributed by atoms with Crippen molar-refractivity contribution in [1.29, 1.82) is 0 Å². The van der Waals surface area contributed by atoms with E-state index in [2.05, 4.69) is 4.98 Å². The summed E-state index contributed by atoms with van der Waals surface area (Å²) in [4.78, 5) is 16.0. The van der Waals surface area contributed by atoms with Gasteiger partial charge in [0.15, 0.2) is 0 Å². The highest BCUT2D eigenvalue weighted by Crippen LogP contribution is 2.29. The van der Waals surface area contributed by atoms with Gasteiger partial charge in [-0.05, 0) is 48.4 Å². The van der Waals surface area contributed by atoms with Gasteiger partial charge in [-0.15, -0.1) is 0 Å². The lowest BCUT2D eigenvalue weighted by Gasteiger charge is -2.13. The van der Waals surface area contributed by atoms with Crippen LogP contribution in [0.15, 0.2) is 72.8 Å². The van der Waals surface area contributed by atoms with Crippen molar-refractivity contribution in [2.24, 2.45) is 0 Å². The van der Waals surface area contributed by atoms with Crippen LogP contribution in [0.1, 0.15) is 27.2 Å². The van der Waals surface area contributed by atoms with Crippen molar-refractivity contribution in [2.45, 2.75) is 20.1 Å². The molecule has 32 heavy (non-hydrogen) atoms. The number of aromatic carboxylic acids is 1. The van der Waals surface area contributed by atoms with Gasteiger partial charge < -0.3 is 19.3 Å². The van der Waals surface area contributed by atoms with Crippen molar-refractivity contribution in [3.63, 3.8) is 0 Å². The lowest BCUT2D eigenvalue weighted by atomic mass is 10.1. The molecule has 0 aliphatic heterocycles. The SMILES string of the molecule is COc1cc(OCc2cccc(OCc3ccc4ccccc4n3)c2)cc(C)c1C(=O)O. The van der Waals surface area contributed by atoms with Crippen LogP contribution in [-0.2, 0) is 13.2 Å². The zero-order valence-corrected chi connectivity index (χ0v) is 17.9. The first-order valence-electron chi connectivity index (χ1n) is 10.1. The van der Waals surface area contributed by atoms with Crippen molar-refractivity contribution in [2.75, 3.05) is 7.11 Å². The maximum Gasteiger partial charge on any atom is 0.339 e. The third kappa shape index (κ3) is 4.81. The first-order chi connectivity index (χ1) is 15.5. The summed E-state index contributed by atoms with van der Waals surface area (Å²) in [5, 5.41) is 10.4. The number of carboxylic acids is 1. The minimum absolute atomic E-state index is 0.137. The average Bonchev–Trinajstić information content (AvgIpc) is 2.81. The van der Waals surface area contributed by atoms with E-state index in [1.807, 2.05) is 60.7 Å². The van der Waals surface area contributed by atoms with E-state index in [0.717, 1.165) is 27.9 Å². The van der Waals surface area contributed by atoms with Gasteiger partial charge >= 0.3 is 5.97 Å². The molecular weight excluding hydrogens is 406 g/mol. The van der Waals surface area contributed by atoms with Gasteiger partial charge in [0, 0.05) is 11.5 Å². The highest BCUT2D eigenvalue weighted by molar-refractivity contribution is 5.93. The molecule has 0 atom stereocenters. The zero-order valence-electron chi connectivity index (χ0n) is 17.9. The zero-order chi connectivity index (χ0) is 22.5. The summed E-state index contributed by atoms with van der Waals surface area (Å²) in [6, 6.07) is 22.9. The molecule has 1 aromatic heterocycles. The van der Waals surface area contributed by atoms with Gasteiger partial charge in [-0.3, -0.25) is 0 Å². The lowest BCUT2D eigenvalue weighted by Crippen LogP contribution is -2.05. The molecule has 6 nitrogen and oxygen atoms in total. The first-order valence-corrected chi connectivity index (χ1v) is 10.1. The molecule has 4 rings (SSSR count). The second-order valence-electron chi connectivity index (χ2n) is 7.34. The Morgan fingerprint density at radius 3 is 2.53 bits per heavy atom. The van der Waals surface area contributed by atoms with Crippen molar-refractivity contribution in [3.8, 4) is 17.2 Å². The number of rotatable bonds is 8. The fourth-order valence-corrected chi connectivity index (χ4v) is 3.48. The molecule has 0 saturated carbocycles. The van der Waals surface area contributed by atoms with Crippen molar-refractivity contribution in [3.05, 3.63) is 95.2 Å². The standard InChI is InChI=1S/C26H23NO5/c1-17-12-22(14-24(30-2)25(17)26(28)29)31-15-18-6-5-8-21(13-18)32-16-20-11-10-19-7-3-4-9-23(19)27-20/h3-14H,15-16H2,1-2H3,(H,28,29). The van der Waals surface area contributed by atoms with Crippen LogP contribution in [0.2, 0.25) is 0 Å². The molecule has 4 aromatic rings. The number of aromatic nitrogens is 1. The molecule has 0 amide bonds. The molecule has 162 valence electrons. The third-order valence-corrected chi connectivity index (χ3v) is 5.05. The molecule has 0 saturated heterocycles. The molecule has 0 unspecified atom stereocenters. The minimum Gasteiger partial charge on any atom is -0.496 e. The second-order valence-corrected chi connectivity index (χ2v) is 7.34. The van der Waals surface area contributed by atoms with E-state index >= 15 is 0 Å². The molecule has 0 fully saturated rings. The van der Waals surface area contributed by atoms with Crippen LogP contribution in [-0.4, -0.2) is 23.2 Å².